The van der Waals surface area contributed by atoms with Crippen molar-refractivity contribution in [1.29, 1.82) is 5.26 Å². The van der Waals surface area contributed by atoms with Crippen LogP contribution in [-0.2, 0) is 14.3 Å². The first-order valence-corrected chi connectivity index (χ1v) is 7.71. The van der Waals surface area contributed by atoms with Gasteiger partial charge < -0.3 is 20.1 Å². The average Bonchev–Trinajstić information content (AvgIpc) is 2.87. The van der Waals surface area contributed by atoms with Gasteiger partial charge in [-0.1, -0.05) is 0 Å². The topological polar surface area (TPSA) is 103 Å². The number of methoxy groups -OCH3 is 1. The first-order valence-electron chi connectivity index (χ1n) is 6.91. The van der Waals surface area contributed by atoms with Crippen molar-refractivity contribution in [2.75, 3.05) is 32.1 Å². The van der Waals surface area contributed by atoms with E-state index in [9.17, 15) is 18.4 Å². The van der Waals surface area contributed by atoms with Gasteiger partial charge in [-0.3, -0.25) is 4.79 Å². The van der Waals surface area contributed by atoms with Gasteiger partial charge in [0.05, 0.1) is 31.5 Å². The van der Waals surface area contributed by atoms with E-state index in [0.717, 1.165) is 18.1 Å². The Morgan fingerprint density at radius 1 is 1.56 bits per heavy atom. The summed E-state index contributed by atoms with van der Waals surface area (Å²) in [5.74, 6) is -3.75. The van der Waals surface area contributed by atoms with Gasteiger partial charge in [-0.2, -0.15) is 5.26 Å². The van der Waals surface area contributed by atoms with Crippen molar-refractivity contribution < 1.29 is 28.2 Å². The molecule has 10 heteroatoms. The molecule has 0 saturated heterocycles. The molecular formula is C15H12BrF2N3O4. The lowest BCUT2D eigenvalue weighted by Gasteiger charge is -2.16. The molecule has 0 spiro atoms. The van der Waals surface area contributed by atoms with E-state index < -0.39 is 29.1 Å². The van der Waals surface area contributed by atoms with E-state index in [4.69, 9.17) is 10.4 Å². The van der Waals surface area contributed by atoms with E-state index in [1.807, 2.05) is 0 Å². The lowest BCUT2D eigenvalue weighted by Crippen LogP contribution is -2.31. The van der Waals surface area contributed by atoms with Crippen LogP contribution >= 0.6 is 15.9 Å². The van der Waals surface area contributed by atoms with Crippen molar-refractivity contribution in [3.05, 3.63) is 39.0 Å². The molecule has 0 atom stereocenters. The van der Waals surface area contributed by atoms with Crippen LogP contribution in [-0.4, -0.2) is 48.7 Å². The summed E-state index contributed by atoms with van der Waals surface area (Å²) in [6.45, 7) is -0.512. The summed E-state index contributed by atoms with van der Waals surface area (Å²) in [5, 5.41) is 20.3. The molecule has 0 aromatic heterocycles. The molecule has 25 heavy (non-hydrogen) atoms. The predicted molar refractivity (Wildman–Crippen MR) is 85.1 cm³/mol. The Bertz CT molecular complexity index is 820. The van der Waals surface area contributed by atoms with Crippen molar-refractivity contribution in [1.82, 2.24) is 4.90 Å². The number of ether oxygens (including phenoxy) is 1. The van der Waals surface area contributed by atoms with Crippen LogP contribution in [0.3, 0.4) is 0 Å². The van der Waals surface area contributed by atoms with Gasteiger partial charge in [0.2, 0.25) is 0 Å². The molecule has 2 N–H and O–H groups in total. The Morgan fingerprint density at radius 2 is 2.24 bits per heavy atom. The maximum Gasteiger partial charge on any atom is 0.337 e. The fourth-order valence-corrected chi connectivity index (χ4v) is 2.76. The number of β-amino-alcohol motifs (C(OH)–C–C–N with tert-alkyl or cyclic N) is 1. The van der Waals surface area contributed by atoms with Crippen LogP contribution in [0.1, 0.15) is 5.56 Å². The average molecular weight is 416 g/mol. The largest absolute Gasteiger partial charge is 0.466 e. The molecule has 0 radical (unpaired) electrons. The second-order valence-electron chi connectivity index (χ2n) is 4.94. The van der Waals surface area contributed by atoms with E-state index in [1.54, 1.807) is 0 Å². The van der Waals surface area contributed by atoms with Crippen LogP contribution in [0.4, 0.5) is 14.5 Å². The van der Waals surface area contributed by atoms with Crippen LogP contribution in [0.2, 0.25) is 0 Å². The zero-order valence-corrected chi connectivity index (χ0v) is 14.5. The van der Waals surface area contributed by atoms with E-state index in [1.165, 1.54) is 6.07 Å². The molecular weight excluding hydrogens is 404 g/mol. The molecule has 1 aliphatic rings. The van der Waals surface area contributed by atoms with Gasteiger partial charge in [-0.25, -0.2) is 13.6 Å². The molecule has 1 aromatic rings. The summed E-state index contributed by atoms with van der Waals surface area (Å²) in [4.78, 5) is 25.4. The van der Waals surface area contributed by atoms with Crippen LogP contribution in [0.25, 0.3) is 0 Å². The Morgan fingerprint density at radius 3 is 2.80 bits per heavy atom. The number of hydrogen-bond acceptors (Lipinski definition) is 6. The Labute approximate surface area is 149 Å². The molecule has 0 fully saturated rings. The normalized spacial score (nSPS) is 13.9. The third-order valence-corrected chi connectivity index (χ3v) is 4.11. The lowest BCUT2D eigenvalue weighted by atomic mass is 10.1. The van der Waals surface area contributed by atoms with Crippen LogP contribution < -0.4 is 5.32 Å². The molecule has 2 rings (SSSR count). The summed E-state index contributed by atoms with van der Waals surface area (Å²) in [5.41, 5.74) is -1.54. The van der Waals surface area contributed by atoms with Crippen LogP contribution in [0, 0.1) is 23.0 Å². The fraction of sp³-hybridized carbons (Fsp3) is 0.267. The second kappa shape index (κ2) is 7.58. The fourth-order valence-electron chi connectivity index (χ4n) is 2.28. The molecule has 1 heterocycles. The van der Waals surface area contributed by atoms with Gasteiger partial charge in [0.1, 0.15) is 23.1 Å². The molecule has 1 aliphatic heterocycles. The zero-order valence-electron chi connectivity index (χ0n) is 12.9. The molecule has 0 unspecified atom stereocenters. The Balaban J connectivity index is 2.51. The first kappa shape index (κ1) is 18.8. The van der Waals surface area contributed by atoms with Gasteiger partial charge in [-0.15, -0.1) is 0 Å². The summed E-state index contributed by atoms with van der Waals surface area (Å²) < 4.78 is 32.5. The molecule has 0 saturated carbocycles. The van der Waals surface area contributed by atoms with Gasteiger partial charge in [0.15, 0.2) is 5.82 Å². The van der Waals surface area contributed by atoms with E-state index in [-0.39, 0.29) is 41.1 Å². The number of anilines is 1. The number of nitrogens with zero attached hydrogens (tertiary/aromatic N) is 2. The molecule has 7 nitrogen and oxygen atoms in total. The number of aliphatic hydroxyl groups is 1. The third-order valence-electron chi connectivity index (χ3n) is 3.49. The lowest BCUT2D eigenvalue weighted by molar-refractivity contribution is -0.136. The SMILES string of the molecule is COC(=O)C1=C(Nc2c(Br)cc(F)c(C#N)c2F)C(=O)N(CCO)C1. The maximum atomic E-state index is 14.4. The number of aliphatic hydroxyl groups excluding tert-OH is 1. The number of benzene rings is 1. The zero-order chi connectivity index (χ0) is 18.7. The summed E-state index contributed by atoms with van der Waals surface area (Å²) in [6, 6.07) is 2.26. The quantitative estimate of drug-likeness (QED) is 0.702. The van der Waals surface area contributed by atoms with Crippen LogP contribution in [0.15, 0.2) is 21.8 Å². The Kier molecular flexibility index (Phi) is 5.71. The number of amides is 1. The monoisotopic (exact) mass is 415 g/mol. The van der Waals surface area contributed by atoms with Crippen molar-refractivity contribution >= 4 is 33.5 Å². The Hall–Kier alpha value is -2.51. The smallest absolute Gasteiger partial charge is 0.337 e. The second-order valence-corrected chi connectivity index (χ2v) is 5.79. The number of nitriles is 1. The number of halogens is 3. The van der Waals surface area contributed by atoms with Crippen LogP contribution in [0.5, 0.6) is 0 Å². The minimum atomic E-state index is -1.21. The minimum Gasteiger partial charge on any atom is -0.466 e. The third kappa shape index (κ3) is 3.47. The standard InChI is InChI=1S/C15H12BrF2N3O4/c1-25-15(24)8-6-21(2-3-22)14(23)12(8)20-13-9(16)4-10(17)7(5-19)11(13)18/h4,20,22H,2-3,6H2,1H3. The van der Waals surface area contributed by atoms with Crippen molar-refractivity contribution in [3.63, 3.8) is 0 Å². The van der Waals surface area contributed by atoms with E-state index >= 15 is 0 Å². The van der Waals surface area contributed by atoms with Crippen molar-refractivity contribution in [2.45, 2.75) is 0 Å². The molecule has 1 aromatic carbocycles. The van der Waals surface area contributed by atoms with Gasteiger partial charge in [0, 0.05) is 11.0 Å². The molecule has 0 bridgehead atoms. The van der Waals surface area contributed by atoms with Gasteiger partial charge in [0.25, 0.3) is 5.91 Å². The van der Waals surface area contributed by atoms with E-state index in [2.05, 4.69) is 26.0 Å². The molecule has 1 amide bonds. The van der Waals surface area contributed by atoms with Crippen molar-refractivity contribution in [3.8, 4) is 6.07 Å². The summed E-state index contributed by atoms with van der Waals surface area (Å²) in [7, 11) is 1.12. The van der Waals surface area contributed by atoms with Gasteiger partial charge in [-0.05, 0) is 22.0 Å². The first-order chi connectivity index (χ1) is 11.8. The summed E-state index contributed by atoms with van der Waals surface area (Å²) >= 11 is 2.95. The number of carbonyl (C=O) groups excluding carboxylic acids is 2. The number of hydrogen-bond donors (Lipinski definition) is 2. The highest BCUT2D eigenvalue weighted by Gasteiger charge is 2.35. The number of nitrogens with one attached hydrogen (secondary N) is 1. The number of esters is 1. The maximum absolute atomic E-state index is 14.4. The number of rotatable bonds is 5. The van der Waals surface area contributed by atoms with Gasteiger partial charge >= 0.3 is 5.97 Å². The molecule has 0 aliphatic carbocycles. The summed E-state index contributed by atoms with van der Waals surface area (Å²) in [6.07, 6.45) is 0. The predicted octanol–water partition coefficient (Wildman–Crippen LogP) is 1.27. The highest BCUT2D eigenvalue weighted by atomic mass is 79.9. The van der Waals surface area contributed by atoms with E-state index in [0.29, 0.717) is 0 Å². The highest BCUT2D eigenvalue weighted by molar-refractivity contribution is 9.10. The minimum absolute atomic E-state index is 0.0407. The van der Waals surface area contributed by atoms with Crippen molar-refractivity contribution in [2.24, 2.45) is 0 Å². The highest BCUT2D eigenvalue weighted by Crippen LogP contribution is 2.33. The molecule has 132 valence electrons. The number of carbonyl (C=O) groups is 2.